The van der Waals surface area contributed by atoms with Gasteiger partial charge in [0.15, 0.2) is 11.5 Å². The zero-order chi connectivity index (χ0) is 19.7. The fourth-order valence-electron chi connectivity index (χ4n) is 2.53. The van der Waals surface area contributed by atoms with Crippen molar-refractivity contribution in [3.8, 4) is 11.5 Å². The number of aryl methyl sites for hydroxylation is 1. The molecule has 0 spiro atoms. The van der Waals surface area contributed by atoms with E-state index in [9.17, 15) is 14.7 Å². The lowest BCUT2D eigenvalue weighted by molar-refractivity contribution is -0.123. The number of ether oxygens (including phenoxy) is 1. The molecule has 2 aromatic rings. The molecule has 1 heterocycles. The van der Waals surface area contributed by atoms with Gasteiger partial charge in [-0.1, -0.05) is 29.8 Å². The van der Waals surface area contributed by atoms with Crippen LogP contribution in [-0.2, 0) is 11.3 Å². The normalized spacial score (nSPS) is 15.7. The van der Waals surface area contributed by atoms with E-state index in [-0.39, 0.29) is 29.2 Å². The molecule has 8 heteroatoms. The van der Waals surface area contributed by atoms with Gasteiger partial charge in [-0.2, -0.15) is 0 Å². The van der Waals surface area contributed by atoms with E-state index in [0.29, 0.717) is 19.4 Å². The van der Waals surface area contributed by atoms with E-state index >= 15 is 0 Å². The van der Waals surface area contributed by atoms with Crippen molar-refractivity contribution in [3.63, 3.8) is 0 Å². The van der Waals surface area contributed by atoms with Crippen molar-refractivity contribution in [1.82, 2.24) is 4.90 Å². The number of aromatic hydroxyl groups is 1. The van der Waals surface area contributed by atoms with Gasteiger partial charge in [-0.25, -0.2) is 0 Å². The molecule has 0 radical (unpaired) electrons. The number of imide groups is 1. The van der Waals surface area contributed by atoms with Gasteiger partial charge in [0.25, 0.3) is 11.1 Å². The summed E-state index contributed by atoms with van der Waals surface area (Å²) >= 11 is 7.56. The fraction of sp³-hybridized carbons (Fsp3) is 0.158. The Morgan fingerprint density at radius 3 is 2.48 bits per heavy atom. The van der Waals surface area contributed by atoms with Crippen LogP contribution in [0.4, 0.5) is 4.79 Å². The van der Waals surface area contributed by atoms with Gasteiger partial charge in [0.05, 0.1) is 23.0 Å². The Kier molecular flexibility index (Phi) is 5.98. The molecule has 0 bridgehead atoms. The van der Waals surface area contributed by atoms with Crippen LogP contribution in [0.2, 0.25) is 0 Å². The quantitative estimate of drug-likeness (QED) is 0.550. The summed E-state index contributed by atoms with van der Waals surface area (Å²) in [5, 5.41) is 9.71. The van der Waals surface area contributed by atoms with E-state index in [1.165, 1.54) is 12.0 Å². The first-order valence-corrected chi connectivity index (χ1v) is 10.3. The summed E-state index contributed by atoms with van der Waals surface area (Å²) in [4.78, 5) is 26.6. The van der Waals surface area contributed by atoms with E-state index in [0.717, 1.165) is 22.9 Å². The monoisotopic (exact) mass is 511 g/mol. The molecule has 2 aromatic carbocycles. The third-order valence-electron chi connectivity index (χ3n) is 4.02. The zero-order valence-corrected chi connectivity index (χ0v) is 18.4. The molecule has 1 N–H and O–H groups in total. The Labute approximate surface area is 177 Å². The Bertz CT molecular complexity index is 957. The first-order chi connectivity index (χ1) is 12.8. The zero-order valence-electron chi connectivity index (χ0n) is 14.5. The molecule has 0 unspecified atom stereocenters. The van der Waals surface area contributed by atoms with Gasteiger partial charge in [-0.15, -0.1) is 0 Å². The number of nitrogens with zero attached hydrogens (tertiary/aromatic N) is 1. The summed E-state index contributed by atoms with van der Waals surface area (Å²) < 4.78 is 6.11. The van der Waals surface area contributed by atoms with Gasteiger partial charge < -0.3 is 9.84 Å². The van der Waals surface area contributed by atoms with Crippen molar-refractivity contribution < 1.29 is 19.4 Å². The summed E-state index contributed by atoms with van der Waals surface area (Å²) in [6, 6.07) is 9.29. The van der Waals surface area contributed by atoms with Gasteiger partial charge in [0.2, 0.25) is 0 Å². The molecule has 3 rings (SSSR count). The molecule has 5 nitrogen and oxygen atoms in total. The standard InChI is InChI=1S/C19H15Br2NO4S/c1-10-3-5-11(6-4-10)9-22-18(24)14(27-19(22)25)8-12-7-13(26-2)17(23)16(21)15(12)20/h3-8,23H,9H2,1-2H3/b14-8-. The molecule has 140 valence electrons. The molecule has 0 aliphatic carbocycles. The van der Waals surface area contributed by atoms with Crippen LogP contribution >= 0.6 is 43.6 Å². The number of carbonyl (C=O) groups is 2. The molecule has 0 saturated carbocycles. The number of hydrogen-bond donors (Lipinski definition) is 1. The van der Waals surface area contributed by atoms with E-state index < -0.39 is 0 Å². The van der Waals surface area contributed by atoms with Crippen LogP contribution < -0.4 is 4.74 Å². The lowest BCUT2D eigenvalue weighted by Gasteiger charge is -2.12. The van der Waals surface area contributed by atoms with Crippen LogP contribution in [0.3, 0.4) is 0 Å². The van der Waals surface area contributed by atoms with Crippen molar-refractivity contribution in [2.24, 2.45) is 0 Å². The smallest absolute Gasteiger partial charge is 0.293 e. The number of carbonyl (C=O) groups excluding carboxylic acids is 2. The highest BCUT2D eigenvalue weighted by molar-refractivity contribution is 9.13. The van der Waals surface area contributed by atoms with Crippen molar-refractivity contribution in [2.45, 2.75) is 13.5 Å². The van der Waals surface area contributed by atoms with E-state index in [4.69, 9.17) is 4.74 Å². The summed E-state index contributed by atoms with van der Waals surface area (Å²) in [5.41, 5.74) is 2.61. The topological polar surface area (TPSA) is 66.8 Å². The summed E-state index contributed by atoms with van der Waals surface area (Å²) in [5.74, 6) is -0.134. The van der Waals surface area contributed by atoms with E-state index in [1.54, 1.807) is 12.1 Å². The number of benzene rings is 2. The third kappa shape index (κ3) is 4.07. The van der Waals surface area contributed by atoms with Crippen LogP contribution in [-0.4, -0.2) is 28.3 Å². The summed E-state index contributed by atoms with van der Waals surface area (Å²) in [7, 11) is 1.44. The summed E-state index contributed by atoms with van der Waals surface area (Å²) in [6.07, 6.45) is 1.61. The summed E-state index contributed by atoms with van der Waals surface area (Å²) in [6.45, 7) is 2.21. The highest BCUT2D eigenvalue weighted by atomic mass is 79.9. The highest BCUT2D eigenvalue weighted by Gasteiger charge is 2.35. The first kappa shape index (κ1) is 20.0. The molecule has 1 fully saturated rings. The molecule has 1 aliphatic rings. The Hall–Kier alpha value is -1.77. The minimum atomic E-state index is -0.347. The number of halogens is 2. The average molecular weight is 513 g/mol. The Morgan fingerprint density at radius 2 is 1.85 bits per heavy atom. The highest BCUT2D eigenvalue weighted by Crippen LogP contribution is 2.43. The number of thioether (sulfide) groups is 1. The van der Waals surface area contributed by atoms with Crippen molar-refractivity contribution >= 4 is 60.8 Å². The molecule has 1 aliphatic heterocycles. The number of methoxy groups -OCH3 is 1. The van der Waals surface area contributed by atoms with Gasteiger partial charge in [-0.3, -0.25) is 14.5 Å². The molecular weight excluding hydrogens is 498 g/mol. The Balaban J connectivity index is 1.90. The van der Waals surface area contributed by atoms with Crippen LogP contribution in [0.5, 0.6) is 11.5 Å². The molecule has 0 aromatic heterocycles. The first-order valence-electron chi connectivity index (χ1n) is 7.87. The molecule has 2 amide bonds. The maximum Gasteiger partial charge on any atom is 0.293 e. The molecule has 1 saturated heterocycles. The van der Waals surface area contributed by atoms with Crippen LogP contribution in [0.15, 0.2) is 44.2 Å². The molecule has 0 atom stereocenters. The fourth-order valence-corrected chi connectivity index (χ4v) is 4.20. The second-order valence-corrected chi connectivity index (χ2v) is 8.48. The predicted octanol–water partition coefficient (Wildman–Crippen LogP) is 5.47. The maximum absolute atomic E-state index is 12.7. The van der Waals surface area contributed by atoms with Gasteiger partial charge >= 0.3 is 0 Å². The Morgan fingerprint density at radius 1 is 1.19 bits per heavy atom. The molecular formula is C19H15Br2NO4S. The maximum atomic E-state index is 12.7. The largest absolute Gasteiger partial charge is 0.503 e. The van der Waals surface area contributed by atoms with Gasteiger partial charge in [0, 0.05) is 4.47 Å². The second kappa shape index (κ2) is 8.08. The van der Waals surface area contributed by atoms with Crippen molar-refractivity contribution in [3.05, 3.63) is 60.9 Å². The van der Waals surface area contributed by atoms with E-state index in [2.05, 4.69) is 31.9 Å². The minimum absolute atomic E-state index is 0.0472. The molecule has 27 heavy (non-hydrogen) atoms. The second-order valence-electron chi connectivity index (χ2n) is 5.90. The van der Waals surface area contributed by atoms with Crippen LogP contribution in [0, 0.1) is 6.92 Å². The number of hydrogen-bond acceptors (Lipinski definition) is 5. The number of phenolic OH excluding ortho intramolecular Hbond substituents is 1. The number of phenols is 1. The van der Waals surface area contributed by atoms with Gasteiger partial charge in [-0.05, 0) is 73.8 Å². The SMILES string of the molecule is COc1cc(/C=C2\SC(=O)N(Cc3ccc(C)cc3)C2=O)c(Br)c(Br)c1O. The number of rotatable bonds is 4. The average Bonchev–Trinajstić information content (AvgIpc) is 2.91. The van der Waals surface area contributed by atoms with Crippen molar-refractivity contribution in [1.29, 1.82) is 0 Å². The lowest BCUT2D eigenvalue weighted by atomic mass is 10.1. The van der Waals surface area contributed by atoms with Crippen molar-refractivity contribution in [2.75, 3.05) is 7.11 Å². The van der Waals surface area contributed by atoms with Crippen LogP contribution in [0.1, 0.15) is 16.7 Å². The number of amides is 2. The third-order valence-corrected chi connectivity index (χ3v) is 7.08. The van der Waals surface area contributed by atoms with Crippen LogP contribution in [0.25, 0.3) is 6.08 Å². The predicted molar refractivity (Wildman–Crippen MR) is 113 cm³/mol. The lowest BCUT2D eigenvalue weighted by Crippen LogP contribution is -2.27. The minimum Gasteiger partial charge on any atom is -0.503 e. The van der Waals surface area contributed by atoms with Gasteiger partial charge in [0.1, 0.15) is 0 Å². The van der Waals surface area contributed by atoms with E-state index in [1.807, 2.05) is 31.2 Å².